The van der Waals surface area contributed by atoms with Crippen molar-refractivity contribution in [1.82, 2.24) is 0 Å². The number of hydrogen-bond donors (Lipinski definition) is 1. The normalized spacial score (nSPS) is 10.9. The first-order chi connectivity index (χ1) is 13.2. The highest BCUT2D eigenvalue weighted by atomic mass is 35.5. The van der Waals surface area contributed by atoms with Crippen LogP contribution in [0.3, 0.4) is 0 Å². The highest BCUT2D eigenvalue weighted by Crippen LogP contribution is 2.33. The molecule has 0 spiro atoms. The third kappa shape index (κ3) is 5.29. The fraction of sp³-hybridized carbons (Fsp3) is 0.222. The summed E-state index contributed by atoms with van der Waals surface area (Å²) in [5.74, 6) is -0.991. The van der Waals surface area contributed by atoms with Gasteiger partial charge in [0, 0.05) is 0 Å². The van der Waals surface area contributed by atoms with Gasteiger partial charge in [0.1, 0.15) is 0 Å². The molecule has 1 N–H and O–H groups in total. The van der Waals surface area contributed by atoms with Gasteiger partial charge in [-0.15, -0.1) is 0 Å². The van der Waals surface area contributed by atoms with Gasteiger partial charge < -0.3 is 19.5 Å². The molecular weight excluding hydrogens is 403 g/mol. The number of amides is 1. The Morgan fingerprint density at radius 2 is 1.71 bits per heavy atom. The van der Waals surface area contributed by atoms with Gasteiger partial charge in [-0.25, -0.2) is 4.79 Å². The summed E-state index contributed by atoms with van der Waals surface area (Å²) in [6.45, 7) is -0.722. The van der Waals surface area contributed by atoms with E-state index in [4.69, 9.17) is 25.8 Å². The number of alkyl halides is 3. The van der Waals surface area contributed by atoms with Crippen LogP contribution in [0.2, 0.25) is 5.02 Å². The van der Waals surface area contributed by atoms with E-state index in [0.717, 1.165) is 12.1 Å². The summed E-state index contributed by atoms with van der Waals surface area (Å²) in [6.07, 6.45) is -4.59. The smallest absolute Gasteiger partial charge is 0.416 e. The van der Waals surface area contributed by atoms with Crippen LogP contribution in [0.4, 0.5) is 18.9 Å². The molecule has 2 aromatic rings. The monoisotopic (exact) mass is 417 g/mol. The van der Waals surface area contributed by atoms with E-state index in [9.17, 15) is 22.8 Å². The lowest BCUT2D eigenvalue weighted by Gasteiger charge is -2.12. The Balaban J connectivity index is 2.02. The first-order valence-corrected chi connectivity index (χ1v) is 8.09. The van der Waals surface area contributed by atoms with E-state index in [1.54, 1.807) is 0 Å². The third-order valence-corrected chi connectivity index (χ3v) is 3.85. The Morgan fingerprint density at radius 3 is 2.32 bits per heavy atom. The number of hydrogen-bond acceptors (Lipinski definition) is 5. The molecule has 0 bridgehead atoms. The van der Waals surface area contributed by atoms with E-state index in [0.29, 0.717) is 11.8 Å². The van der Waals surface area contributed by atoms with Gasteiger partial charge >= 0.3 is 12.1 Å². The summed E-state index contributed by atoms with van der Waals surface area (Å²) in [4.78, 5) is 24.0. The zero-order valence-corrected chi connectivity index (χ0v) is 15.5. The third-order valence-electron chi connectivity index (χ3n) is 3.52. The molecule has 0 heterocycles. The summed E-state index contributed by atoms with van der Waals surface area (Å²) in [5, 5.41) is 2.09. The van der Waals surface area contributed by atoms with E-state index >= 15 is 0 Å². The predicted molar refractivity (Wildman–Crippen MR) is 94.9 cm³/mol. The first kappa shape index (κ1) is 21.4. The molecule has 6 nitrogen and oxygen atoms in total. The molecule has 28 heavy (non-hydrogen) atoms. The predicted octanol–water partition coefficient (Wildman–Crippen LogP) is 4.17. The second-order valence-corrected chi connectivity index (χ2v) is 5.79. The number of carbonyl (C=O) groups excluding carboxylic acids is 2. The van der Waals surface area contributed by atoms with Gasteiger partial charge in [-0.3, -0.25) is 4.79 Å². The molecule has 10 heteroatoms. The van der Waals surface area contributed by atoms with Gasteiger partial charge in [0.2, 0.25) is 0 Å². The van der Waals surface area contributed by atoms with Gasteiger partial charge in [-0.1, -0.05) is 11.6 Å². The summed E-state index contributed by atoms with van der Waals surface area (Å²) in [5.41, 5.74) is -1.12. The number of rotatable bonds is 6. The molecule has 0 saturated heterocycles. The zero-order chi connectivity index (χ0) is 20.9. The van der Waals surface area contributed by atoms with E-state index < -0.39 is 30.2 Å². The number of benzene rings is 2. The number of anilines is 1. The molecule has 0 aliphatic heterocycles. The van der Waals surface area contributed by atoms with Crippen LogP contribution in [-0.2, 0) is 15.7 Å². The van der Waals surface area contributed by atoms with Gasteiger partial charge in [0.05, 0.1) is 36.1 Å². The minimum atomic E-state index is -4.59. The minimum Gasteiger partial charge on any atom is -0.493 e. The van der Waals surface area contributed by atoms with Crippen LogP contribution >= 0.6 is 11.6 Å². The second kappa shape index (κ2) is 8.83. The molecule has 0 radical (unpaired) electrons. The van der Waals surface area contributed by atoms with Crippen molar-refractivity contribution in [2.75, 3.05) is 26.1 Å². The van der Waals surface area contributed by atoms with Gasteiger partial charge in [0.15, 0.2) is 18.1 Å². The van der Waals surface area contributed by atoms with Crippen molar-refractivity contribution in [1.29, 1.82) is 0 Å². The van der Waals surface area contributed by atoms with Crippen molar-refractivity contribution in [3.63, 3.8) is 0 Å². The van der Waals surface area contributed by atoms with Crippen molar-refractivity contribution >= 4 is 29.2 Å². The lowest BCUT2D eigenvalue weighted by Crippen LogP contribution is -2.21. The van der Waals surface area contributed by atoms with E-state index in [1.807, 2.05) is 0 Å². The largest absolute Gasteiger partial charge is 0.493 e. The molecule has 0 aromatic heterocycles. The van der Waals surface area contributed by atoms with Gasteiger partial charge in [-0.2, -0.15) is 13.2 Å². The Hall–Kier alpha value is -2.94. The average molecular weight is 418 g/mol. The Morgan fingerprint density at radius 1 is 1.04 bits per heavy atom. The van der Waals surface area contributed by atoms with E-state index in [1.165, 1.54) is 32.4 Å². The summed E-state index contributed by atoms with van der Waals surface area (Å²) >= 11 is 5.80. The number of ether oxygens (including phenoxy) is 3. The van der Waals surface area contributed by atoms with Crippen LogP contribution in [0.15, 0.2) is 36.4 Å². The molecule has 150 valence electrons. The maximum Gasteiger partial charge on any atom is 0.416 e. The molecule has 2 rings (SSSR count). The molecule has 1 amide bonds. The van der Waals surface area contributed by atoms with Crippen molar-refractivity contribution in [2.45, 2.75) is 6.18 Å². The van der Waals surface area contributed by atoms with E-state index in [-0.39, 0.29) is 22.0 Å². The Kier molecular flexibility index (Phi) is 6.74. The molecule has 0 atom stereocenters. The maximum atomic E-state index is 12.8. The molecule has 2 aromatic carbocycles. The molecule has 0 aliphatic rings. The number of halogens is 4. The van der Waals surface area contributed by atoms with Crippen molar-refractivity contribution < 1.29 is 37.0 Å². The van der Waals surface area contributed by atoms with Gasteiger partial charge in [-0.05, 0) is 36.4 Å². The second-order valence-electron chi connectivity index (χ2n) is 5.39. The molecular formula is C18H15ClF3NO5. The molecule has 0 aliphatic carbocycles. The highest BCUT2D eigenvalue weighted by molar-refractivity contribution is 6.33. The summed E-state index contributed by atoms with van der Waals surface area (Å²) in [7, 11) is 2.82. The number of nitrogens with one attached hydrogen (secondary N) is 1. The van der Waals surface area contributed by atoms with Crippen molar-refractivity contribution in [3.05, 3.63) is 52.5 Å². The standard InChI is InChI=1S/C18H15ClF3NO5/c1-26-14-6-3-10(7-15(14)27-2)17(25)28-9-16(24)23-13-8-11(18(20,21)22)4-5-12(13)19/h3-8H,9H2,1-2H3,(H,23,24). The number of carbonyl (C=O) groups is 2. The SMILES string of the molecule is COc1ccc(C(=O)OCC(=O)Nc2cc(C(F)(F)F)ccc2Cl)cc1OC. The van der Waals surface area contributed by atoms with E-state index in [2.05, 4.69) is 5.32 Å². The van der Waals surface area contributed by atoms with Crippen LogP contribution in [0, 0.1) is 0 Å². The van der Waals surface area contributed by atoms with Crippen LogP contribution in [-0.4, -0.2) is 32.7 Å². The lowest BCUT2D eigenvalue weighted by molar-refractivity contribution is -0.137. The summed E-state index contributed by atoms with van der Waals surface area (Å²) in [6, 6.07) is 6.74. The quantitative estimate of drug-likeness (QED) is 0.714. The van der Waals surface area contributed by atoms with Crippen LogP contribution in [0.5, 0.6) is 11.5 Å². The van der Waals surface area contributed by atoms with Crippen molar-refractivity contribution in [2.24, 2.45) is 0 Å². The van der Waals surface area contributed by atoms with Crippen LogP contribution < -0.4 is 14.8 Å². The number of methoxy groups -OCH3 is 2. The number of esters is 1. The Labute approximate surface area is 163 Å². The fourth-order valence-corrected chi connectivity index (χ4v) is 2.33. The lowest BCUT2D eigenvalue weighted by atomic mass is 10.2. The molecule has 0 unspecified atom stereocenters. The summed E-state index contributed by atoms with van der Waals surface area (Å²) < 4.78 is 53.2. The van der Waals surface area contributed by atoms with Gasteiger partial charge in [0.25, 0.3) is 5.91 Å². The Bertz CT molecular complexity index is 886. The minimum absolute atomic E-state index is 0.0902. The van der Waals surface area contributed by atoms with Crippen LogP contribution in [0.1, 0.15) is 15.9 Å². The maximum absolute atomic E-state index is 12.8. The average Bonchev–Trinajstić information content (AvgIpc) is 2.66. The van der Waals surface area contributed by atoms with Crippen LogP contribution in [0.25, 0.3) is 0 Å². The van der Waals surface area contributed by atoms with Crippen molar-refractivity contribution in [3.8, 4) is 11.5 Å². The first-order valence-electron chi connectivity index (χ1n) is 7.71. The topological polar surface area (TPSA) is 73.9 Å². The molecule has 0 fully saturated rings. The fourth-order valence-electron chi connectivity index (χ4n) is 2.16. The highest BCUT2D eigenvalue weighted by Gasteiger charge is 2.31. The zero-order valence-electron chi connectivity index (χ0n) is 14.7. The molecule has 0 saturated carbocycles.